The SMILES string of the molecule is CCOc1ncnc2sc(C(=O)NCc3ccc(OC)cc3)c(C)c12. The second-order valence-corrected chi connectivity index (χ2v) is 6.38. The molecule has 0 aliphatic rings. The van der Waals surface area contributed by atoms with Gasteiger partial charge >= 0.3 is 0 Å². The molecule has 130 valence electrons. The lowest BCUT2D eigenvalue weighted by Crippen LogP contribution is -2.22. The molecule has 0 aliphatic carbocycles. The third-order valence-electron chi connectivity index (χ3n) is 3.79. The Morgan fingerprint density at radius 3 is 2.68 bits per heavy atom. The fourth-order valence-corrected chi connectivity index (χ4v) is 3.56. The number of amides is 1. The Hall–Kier alpha value is -2.67. The Kier molecular flexibility index (Phi) is 5.14. The van der Waals surface area contributed by atoms with Crippen molar-refractivity contribution < 1.29 is 14.3 Å². The van der Waals surface area contributed by atoms with Crippen LogP contribution in [0.3, 0.4) is 0 Å². The van der Waals surface area contributed by atoms with Crippen molar-refractivity contribution >= 4 is 27.5 Å². The minimum Gasteiger partial charge on any atom is -0.497 e. The Morgan fingerprint density at radius 2 is 2.00 bits per heavy atom. The molecule has 7 heteroatoms. The number of aryl methyl sites for hydroxylation is 1. The van der Waals surface area contributed by atoms with Gasteiger partial charge in [0.05, 0.1) is 24.0 Å². The first-order valence-electron chi connectivity index (χ1n) is 7.92. The van der Waals surface area contributed by atoms with Crippen LogP contribution in [0.15, 0.2) is 30.6 Å². The van der Waals surface area contributed by atoms with E-state index in [9.17, 15) is 4.79 Å². The summed E-state index contributed by atoms with van der Waals surface area (Å²) in [6, 6.07) is 7.59. The third-order valence-corrected chi connectivity index (χ3v) is 4.99. The van der Waals surface area contributed by atoms with E-state index in [-0.39, 0.29) is 5.91 Å². The number of ether oxygens (including phenoxy) is 2. The van der Waals surface area contributed by atoms with Gasteiger partial charge in [-0.2, -0.15) is 0 Å². The molecule has 0 unspecified atom stereocenters. The molecule has 1 N–H and O–H groups in total. The molecule has 3 aromatic rings. The summed E-state index contributed by atoms with van der Waals surface area (Å²) in [5.41, 5.74) is 1.85. The highest BCUT2D eigenvalue weighted by atomic mass is 32.1. The number of aromatic nitrogens is 2. The minimum atomic E-state index is -0.126. The number of nitrogens with one attached hydrogen (secondary N) is 1. The van der Waals surface area contributed by atoms with E-state index in [1.165, 1.54) is 17.7 Å². The van der Waals surface area contributed by atoms with E-state index in [2.05, 4.69) is 15.3 Å². The van der Waals surface area contributed by atoms with E-state index in [1.807, 2.05) is 38.1 Å². The summed E-state index contributed by atoms with van der Waals surface area (Å²) < 4.78 is 10.7. The van der Waals surface area contributed by atoms with Crippen molar-refractivity contribution in [3.05, 3.63) is 46.6 Å². The number of carbonyl (C=O) groups is 1. The number of thiophene rings is 1. The van der Waals surface area contributed by atoms with Gasteiger partial charge in [0.2, 0.25) is 5.88 Å². The van der Waals surface area contributed by atoms with Crippen LogP contribution in [-0.4, -0.2) is 29.6 Å². The maximum Gasteiger partial charge on any atom is 0.261 e. The Morgan fingerprint density at radius 1 is 1.24 bits per heavy atom. The lowest BCUT2D eigenvalue weighted by Gasteiger charge is -2.06. The molecule has 1 aromatic carbocycles. The smallest absolute Gasteiger partial charge is 0.261 e. The number of benzene rings is 1. The number of rotatable bonds is 6. The molecule has 0 fully saturated rings. The van der Waals surface area contributed by atoms with Crippen LogP contribution in [0.1, 0.15) is 27.7 Å². The molecule has 2 aromatic heterocycles. The van der Waals surface area contributed by atoms with Gasteiger partial charge in [-0.05, 0) is 37.1 Å². The van der Waals surface area contributed by atoms with Crippen molar-refractivity contribution in [3.8, 4) is 11.6 Å². The molecule has 1 amide bonds. The maximum absolute atomic E-state index is 12.6. The van der Waals surface area contributed by atoms with Crippen molar-refractivity contribution in [2.75, 3.05) is 13.7 Å². The zero-order valence-electron chi connectivity index (χ0n) is 14.3. The fourth-order valence-electron chi connectivity index (χ4n) is 2.51. The molecular weight excluding hydrogens is 338 g/mol. The molecule has 0 atom stereocenters. The van der Waals surface area contributed by atoms with Crippen LogP contribution in [0.25, 0.3) is 10.2 Å². The number of hydrogen-bond acceptors (Lipinski definition) is 6. The summed E-state index contributed by atoms with van der Waals surface area (Å²) in [6.07, 6.45) is 1.46. The number of hydrogen-bond donors (Lipinski definition) is 1. The molecule has 0 saturated heterocycles. The molecule has 0 spiro atoms. The van der Waals surface area contributed by atoms with E-state index in [0.717, 1.165) is 27.1 Å². The fraction of sp³-hybridized carbons (Fsp3) is 0.278. The zero-order valence-corrected chi connectivity index (χ0v) is 15.1. The standard InChI is InChI=1S/C18H19N3O3S/c1-4-24-17-14-11(2)15(25-18(14)21-10-20-17)16(22)19-9-12-5-7-13(23-3)8-6-12/h5-8,10H,4,9H2,1-3H3,(H,19,22). The Bertz CT molecular complexity index is 890. The Labute approximate surface area is 149 Å². The predicted molar refractivity (Wildman–Crippen MR) is 97.5 cm³/mol. The summed E-state index contributed by atoms with van der Waals surface area (Å²) in [6.45, 7) is 4.76. The number of fused-ring (bicyclic) bond motifs is 1. The summed E-state index contributed by atoms with van der Waals surface area (Å²) in [7, 11) is 1.63. The molecule has 25 heavy (non-hydrogen) atoms. The van der Waals surface area contributed by atoms with Gasteiger partial charge in [-0.15, -0.1) is 11.3 Å². The highest BCUT2D eigenvalue weighted by molar-refractivity contribution is 7.20. The summed E-state index contributed by atoms with van der Waals surface area (Å²) in [4.78, 5) is 22.4. The Balaban J connectivity index is 1.79. The molecule has 0 saturated carbocycles. The topological polar surface area (TPSA) is 73.3 Å². The van der Waals surface area contributed by atoms with Gasteiger partial charge in [0, 0.05) is 6.54 Å². The van der Waals surface area contributed by atoms with Crippen LogP contribution in [0.4, 0.5) is 0 Å². The first kappa shape index (κ1) is 17.2. The lowest BCUT2D eigenvalue weighted by molar-refractivity contribution is 0.0954. The van der Waals surface area contributed by atoms with Crippen LogP contribution in [0.2, 0.25) is 0 Å². The lowest BCUT2D eigenvalue weighted by atomic mass is 10.2. The third kappa shape index (κ3) is 3.56. The van der Waals surface area contributed by atoms with Crippen LogP contribution in [-0.2, 0) is 6.54 Å². The predicted octanol–water partition coefficient (Wildman–Crippen LogP) is 3.34. The van der Waals surface area contributed by atoms with Crippen LogP contribution >= 0.6 is 11.3 Å². The molecule has 3 rings (SSSR count). The van der Waals surface area contributed by atoms with Gasteiger partial charge in [0.15, 0.2) is 0 Å². The van der Waals surface area contributed by atoms with E-state index in [4.69, 9.17) is 9.47 Å². The van der Waals surface area contributed by atoms with Gasteiger partial charge in [-0.25, -0.2) is 9.97 Å². The molecule has 0 aliphatic heterocycles. The van der Waals surface area contributed by atoms with Crippen LogP contribution in [0, 0.1) is 6.92 Å². The quantitative estimate of drug-likeness (QED) is 0.732. The highest BCUT2D eigenvalue weighted by Crippen LogP contribution is 2.34. The van der Waals surface area contributed by atoms with E-state index >= 15 is 0 Å². The second kappa shape index (κ2) is 7.48. The van der Waals surface area contributed by atoms with Crippen molar-refractivity contribution in [2.24, 2.45) is 0 Å². The first-order valence-corrected chi connectivity index (χ1v) is 8.73. The van der Waals surface area contributed by atoms with Crippen LogP contribution < -0.4 is 14.8 Å². The summed E-state index contributed by atoms with van der Waals surface area (Å²) in [5, 5.41) is 3.76. The average molecular weight is 357 g/mol. The molecule has 0 radical (unpaired) electrons. The van der Waals surface area contributed by atoms with Crippen molar-refractivity contribution in [3.63, 3.8) is 0 Å². The monoisotopic (exact) mass is 357 g/mol. The number of nitrogens with zero attached hydrogens (tertiary/aromatic N) is 2. The maximum atomic E-state index is 12.6. The normalized spacial score (nSPS) is 10.7. The minimum absolute atomic E-state index is 0.126. The van der Waals surface area contributed by atoms with Crippen molar-refractivity contribution in [1.29, 1.82) is 0 Å². The first-order chi connectivity index (χ1) is 12.1. The molecule has 6 nitrogen and oxygen atoms in total. The highest BCUT2D eigenvalue weighted by Gasteiger charge is 2.19. The largest absolute Gasteiger partial charge is 0.497 e. The summed E-state index contributed by atoms with van der Waals surface area (Å²) in [5.74, 6) is 1.19. The van der Waals surface area contributed by atoms with Crippen LogP contribution in [0.5, 0.6) is 11.6 Å². The van der Waals surface area contributed by atoms with Crippen molar-refractivity contribution in [1.82, 2.24) is 15.3 Å². The molecule has 0 bridgehead atoms. The molecular formula is C18H19N3O3S. The number of carbonyl (C=O) groups excluding carboxylic acids is 1. The van der Waals surface area contributed by atoms with Gasteiger partial charge in [-0.1, -0.05) is 12.1 Å². The number of methoxy groups -OCH3 is 1. The zero-order chi connectivity index (χ0) is 17.8. The van der Waals surface area contributed by atoms with Gasteiger partial charge in [0.1, 0.15) is 16.9 Å². The summed E-state index contributed by atoms with van der Waals surface area (Å²) >= 11 is 1.35. The van der Waals surface area contributed by atoms with E-state index in [0.29, 0.717) is 23.9 Å². The van der Waals surface area contributed by atoms with Crippen molar-refractivity contribution in [2.45, 2.75) is 20.4 Å². The molecule has 2 heterocycles. The second-order valence-electron chi connectivity index (χ2n) is 5.38. The average Bonchev–Trinajstić information content (AvgIpc) is 2.98. The van der Waals surface area contributed by atoms with Gasteiger partial charge < -0.3 is 14.8 Å². The van der Waals surface area contributed by atoms with Gasteiger partial charge in [0.25, 0.3) is 5.91 Å². The van der Waals surface area contributed by atoms with E-state index < -0.39 is 0 Å². The van der Waals surface area contributed by atoms with E-state index in [1.54, 1.807) is 7.11 Å². The van der Waals surface area contributed by atoms with Gasteiger partial charge in [-0.3, -0.25) is 4.79 Å².